The molecule has 3 N–H and O–H groups in total. The van der Waals surface area contributed by atoms with Crippen molar-refractivity contribution in [1.82, 2.24) is 10.6 Å². The van der Waals surface area contributed by atoms with Gasteiger partial charge in [0.15, 0.2) is 15.9 Å². The van der Waals surface area contributed by atoms with Crippen LogP contribution < -0.4 is 10.6 Å². The quantitative estimate of drug-likeness (QED) is 0.235. The van der Waals surface area contributed by atoms with E-state index in [0.717, 1.165) is 17.4 Å². The molecule has 43 heavy (non-hydrogen) atoms. The highest BCUT2D eigenvalue weighted by Gasteiger charge is 2.32. The van der Waals surface area contributed by atoms with Gasteiger partial charge in [-0.2, -0.15) is 0 Å². The molecule has 0 spiro atoms. The summed E-state index contributed by atoms with van der Waals surface area (Å²) in [5.41, 5.74) is 2.08. The number of hydrogen-bond acceptors (Lipinski definition) is 8. The fraction of sp³-hybridized carbons (Fsp3) is 0.344. The number of aliphatic hydroxyl groups excluding tert-OH is 1. The molecular formula is C32H38N2O8S. The van der Waals surface area contributed by atoms with E-state index in [9.17, 15) is 27.9 Å². The second kappa shape index (κ2) is 15.9. The number of alkyl carbamates (subject to hydrolysis) is 1. The first kappa shape index (κ1) is 33.3. The molecule has 3 aromatic rings. The van der Waals surface area contributed by atoms with Crippen LogP contribution in [-0.4, -0.2) is 55.9 Å². The van der Waals surface area contributed by atoms with Gasteiger partial charge in [-0.15, -0.1) is 0 Å². The standard InChI is InChI=1S/C32H38N2O8S/c1-22(2)18-28(31(37)41-20-24-10-6-4-7-11-24)33-30(36)29(35)27(19-23-14-16-26(17-15-23)43(3,39)40)34-32(38)42-21-25-12-8-5-9-13-25/h4-17,22,27-29,35H,18-21H2,1-3H3,(H,33,36)(H,34,38)/t27-,28+,29+/m1/s1. The Labute approximate surface area is 252 Å². The zero-order valence-corrected chi connectivity index (χ0v) is 25.3. The fourth-order valence-electron chi connectivity index (χ4n) is 4.24. The van der Waals surface area contributed by atoms with Crippen LogP contribution >= 0.6 is 0 Å². The number of sulfone groups is 1. The van der Waals surface area contributed by atoms with Gasteiger partial charge in [0.2, 0.25) is 0 Å². The lowest BCUT2D eigenvalue weighted by molar-refractivity contribution is -0.150. The van der Waals surface area contributed by atoms with Gasteiger partial charge in [0.1, 0.15) is 19.3 Å². The lowest BCUT2D eigenvalue weighted by Crippen LogP contribution is -2.55. The number of rotatable bonds is 14. The van der Waals surface area contributed by atoms with Crippen LogP contribution in [0.3, 0.4) is 0 Å². The van der Waals surface area contributed by atoms with Crippen molar-refractivity contribution in [3.63, 3.8) is 0 Å². The summed E-state index contributed by atoms with van der Waals surface area (Å²) in [4.78, 5) is 39.0. The van der Waals surface area contributed by atoms with Crippen molar-refractivity contribution in [2.24, 2.45) is 5.92 Å². The van der Waals surface area contributed by atoms with Crippen LogP contribution in [0.2, 0.25) is 0 Å². The van der Waals surface area contributed by atoms with Crippen LogP contribution in [0.25, 0.3) is 0 Å². The summed E-state index contributed by atoms with van der Waals surface area (Å²) in [5, 5.41) is 16.2. The first-order chi connectivity index (χ1) is 20.4. The Balaban J connectivity index is 1.74. The molecule has 0 aliphatic carbocycles. The van der Waals surface area contributed by atoms with Gasteiger partial charge in [0.05, 0.1) is 10.9 Å². The molecular weight excluding hydrogens is 572 g/mol. The largest absolute Gasteiger partial charge is 0.459 e. The van der Waals surface area contributed by atoms with Crippen molar-refractivity contribution >= 4 is 27.8 Å². The average Bonchev–Trinajstić information content (AvgIpc) is 2.98. The zero-order chi connectivity index (χ0) is 31.4. The second-order valence-corrected chi connectivity index (χ2v) is 12.7. The summed E-state index contributed by atoms with van der Waals surface area (Å²) in [6, 6.07) is 21.8. The predicted octanol–water partition coefficient (Wildman–Crippen LogP) is 3.56. The number of ether oxygens (including phenoxy) is 2. The maximum absolute atomic E-state index is 13.3. The summed E-state index contributed by atoms with van der Waals surface area (Å²) in [6.45, 7) is 3.75. The van der Waals surface area contributed by atoms with Gasteiger partial charge in [0, 0.05) is 6.26 Å². The minimum Gasteiger partial charge on any atom is -0.459 e. The molecule has 0 fully saturated rings. The Hall–Kier alpha value is -4.22. The van der Waals surface area contributed by atoms with E-state index >= 15 is 0 Å². The van der Waals surface area contributed by atoms with Crippen molar-refractivity contribution in [2.45, 2.75) is 63.0 Å². The van der Waals surface area contributed by atoms with E-state index in [1.165, 1.54) is 24.3 Å². The molecule has 0 radical (unpaired) electrons. The van der Waals surface area contributed by atoms with E-state index in [1.54, 1.807) is 24.3 Å². The van der Waals surface area contributed by atoms with E-state index in [-0.39, 0.29) is 36.9 Å². The van der Waals surface area contributed by atoms with Crippen LogP contribution in [0.15, 0.2) is 89.8 Å². The number of esters is 1. The fourth-order valence-corrected chi connectivity index (χ4v) is 4.87. The molecule has 0 unspecified atom stereocenters. The van der Waals surface area contributed by atoms with E-state index in [4.69, 9.17) is 9.47 Å². The molecule has 3 atom stereocenters. The molecule has 11 heteroatoms. The Bertz CT molecular complexity index is 1450. The van der Waals surface area contributed by atoms with E-state index < -0.39 is 46.0 Å². The molecule has 2 amide bonds. The smallest absolute Gasteiger partial charge is 0.407 e. The van der Waals surface area contributed by atoms with Crippen LogP contribution in [0.5, 0.6) is 0 Å². The normalized spacial score (nSPS) is 13.4. The molecule has 0 saturated heterocycles. The maximum Gasteiger partial charge on any atom is 0.407 e. The highest BCUT2D eigenvalue weighted by atomic mass is 32.2. The van der Waals surface area contributed by atoms with Crippen LogP contribution in [0.4, 0.5) is 4.79 Å². The molecule has 10 nitrogen and oxygen atoms in total. The molecule has 0 bridgehead atoms. The first-order valence-corrected chi connectivity index (χ1v) is 15.8. The van der Waals surface area contributed by atoms with Crippen molar-refractivity contribution < 1.29 is 37.4 Å². The third-order valence-corrected chi connectivity index (χ3v) is 7.63. The van der Waals surface area contributed by atoms with E-state index in [2.05, 4.69) is 10.6 Å². The van der Waals surface area contributed by atoms with E-state index in [0.29, 0.717) is 5.56 Å². The van der Waals surface area contributed by atoms with Crippen LogP contribution in [0, 0.1) is 5.92 Å². The number of carbonyl (C=O) groups excluding carboxylic acids is 3. The predicted molar refractivity (Wildman–Crippen MR) is 160 cm³/mol. The minimum absolute atomic E-state index is 0.0157. The molecule has 3 aromatic carbocycles. The third kappa shape index (κ3) is 11.2. The number of aliphatic hydroxyl groups is 1. The van der Waals surface area contributed by atoms with E-state index in [1.807, 2.05) is 50.2 Å². The number of amides is 2. The molecule has 0 aromatic heterocycles. The monoisotopic (exact) mass is 610 g/mol. The summed E-state index contributed by atoms with van der Waals surface area (Å²) in [7, 11) is -3.43. The van der Waals surface area contributed by atoms with Gasteiger partial charge in [-0.1, -0.05) is 86.6 Å². The Morgan fingerprint density at radius 3 is 1.81 bits per heavy atom. The van der Waals surface area contributed by atoms with Gasteiger partial charge in [-0.05, 0) is 47.6 Å². The van der Waals surface area contributed by atoms with Gasteiger partial charge in [-0.25, -0.2) is 18.0 Å². The molecule has 0 aliphatic heterocycles. The second-order valence-electron chi connectivity index (χ2n) is 10.7. The highest BCUT2D eigenvalue weighted by molar-refractivity contribution is 7.90. The minimum atomic E-state index is -3.43. The Morgan fingerprint density at radius 1 is 0.767 bits per heavy atom. The molecule has 0 saturated carbocycles. The first-order valence-electron chi connectivity index (χ1n) is 13.9. The number of hydrogen-bond donors (Lipinski definition) is 3. The van der Waals surface area contributed by atoms with Crippen molar-refractivity contribution in [3.05, 3.63) is 102 Å². The third-order valence-electron chi connectivity index (χ3n) is 6.50. The van der Waals surface area contributed by atoms with Gasteiger partial charge in [0.25, 0.3) is 5.91 Å². The van der Waals surface area contributed by atoms with Crippen molar-refractivity contribution in [3.8, 4) is 0 Å². The summed E-state index contributed by atoms with van der Waals surface area (Å²) in [6.07, 6.45) is -1.34. The van der Waals surface area contributed by atoms with Crippen molar-refractivity contribution in [1.29, 1.82) is 0 Å². The summed E-state index contributed by atoms with van der Waals surface area (Å²) in [5.74, 6) is -1.52. The molecule has 0 aliphatic rings. The number of nitrogens with one attached hydrogen (secondary N) is 2. The highest BCUT2D eigenvalue weighted by Crippen LogP contribution is 2.15. The SMILES string of the molecule is CC(C)C[C@H](NC(=O)[C@@H](O)[C@@H](Cc1ccc(S(C)(=O)=O)cc1)NC(=O)OCc1ccccc1)C(=O)OCc1ccccc1. The van der Waals surface area contributed by atoms with Crippen molar-refractivity contribution in [2.75, 3.05) is 6.26 Å². The zero-order valence-electron chi connectivity index (χ0n) is 24.4. The average molecular weight is 611 g/mol. The number of carbonyl (C=O) groups is 3. The molecule has 3 rings (SSSR count). The van der Waals surface area contributed by atoms with Gasteiger partial charge >= 0.3 is 12.1 Å². The Kier molecular flexibility index (Phi) is 12.3. The van der Waals surface area contributed by atoms with Crippen LogP contribution in [0.1, 0.15) is 37.0 Å². The lowest BCUT2D eigenvalue weighted by Gasteiger charge is -2.26. The van der Waals surface area contributed by atoms with Gasteiger partial charge < -0.3 is 25.2 Å². The molecule has 230 valence electrons. The van der Waals surface area contributed by atoms with Gasteiger partial charge in [-0.3, -0.25) is 4.79 Å². The Morgan fingerprint density at radius 2 is 1.30 bits per heavy atom. The lowest BCUT2D eigenvalue weighted by atomic mass is 9.99. The van der Waals surface area contributed by atoms with Crippen LogP contribution in [-0.2, 0) is 48.5 Å². The number of benzene rings is 3. The topological polar surface area (TPSA) is 148 Å². The molecule has 0 heterocycles. The summed E-state index contributed by atoms with van der Waals surface area (Å²) >= 11 is 0. The summed E-state index contributed by atoms with van der Waals surface area (Å²) < 4.78 is 34.4. The maximum atomic E-state index is 13.3.